The molecule has 3 rings (SSSR count). The maximum atomic E-state index is 12.7. The third kappa shape index (κ3) is 5.75. The van der Waals surface area contributed by atoms with Crippen molar-refractivity contribution in [3.63, 3.8) is 0 Å². The molecule has 6 nitrogen and oxygen atoms in total. The molecule has 1 heterocycles. The second-order valence-corrected chi connectivity index (χ2v) is 8.05. The summed E-state index contributed by atoms with van der Waals surface area (Å²) in [5, 5.41) is 3.01. The average Bonchev–Trinajstić information content (AvgIpc) is 3.14. The number of carbonyl (C=O) groups is 2. The quantitative estimate of drug-likeness (QED) is 0.456. The van der Waals surface area contributed by atoms with Crippen LogP contribution < -0.4 is 5.32 Å². The van der Waals surface area contributed by atoms with Crippen LogP contribution >= 0.6 is 0 Å². The summed E-state index contributed by atoms with van der Waals surface area (Å²) in [6.07, 6.45) is 3.67. The Morgan fingerprint density at radius 2 is 1.69 bits per heavy atom. The molecule has 170 valence electrons. The van der Waals surface area contributed by atoms with Crippen LogP contribution in [0.2, 0.25) is 0 Å². The van der Waals surface area contributed by atoms with Crippen molar-refractivity contribution in [3.8, 4) is 0 Å². The predicted octanol–water partition coefficient (Wildman–Crippen LogP) is 4.36. The minimum Gasteiger partial charge on any atom is -0.352 e. The van der Waals surface area contributed by atoms with E-state index < -0.39 is 0 Å². The summed E-state index contributed by atoms with van der Waals surface area (Å²) in [5.41, 5.74) is 3.66. The molecular formula is C26H34N4O2. The smallest absolute Gasteiger partial charge is 0.251 e. The first kappa shape index (κ1) is 23.5. The third-order valence-corrected chi connectivity index (χ3v) is 5.90. The van der Waals surface area contributed by atoms with E-state index in [1.165, 1.54) is 0 Å². The van der Waals surface area contributed by atoms with Gasteiger partial charge in [0.1, 0.15) is 12.4 Å². The summed E-state index contributed by atoms with van der Waals surface area (Å²) in [4.78, 5) is 31.7. The number of rotatable bonds is 11. The number of hydrogen-bond donors (Lipinski definition) is 1. The Morgan fingerprint density at radius 3 is 2.44 bits per heavy atom. The standard InChI is InChI=1S/C26H34N4O2/c1-4-29(5-2)25(31)19-30-23-16-11-10-15-22(23)28-24(30)17-7-6-12-18-27-26(32)21-14-9-8-13-20(21)3/h8-11,13-16H,4-7,12,17-19H2,1-3H3,(H,27,32). The molecule has 0 unspecified atom stereocenters. The minimum atomic E-state index is -0.0141. The Kier molecular flexibility index (Phi) is 8.42. The fourth-order valence-electron chi connectivity index (χ4n) is 4.01. The highest BCUT2D eigenvalue weighted by atomic mass is 16.2. The fourth-order valence-corrected chi connectivity index (χ4v) is 4.01. The van der Waals surface area contributed by atoms with Gasteiger partial charge < -0.3 is 14.8 Å². The largest absolute Gasteiger partial charge is 0.352 e. The van der Waals surface area contributed by atoms with E-state index in [-0.39, 0.29) is 11.8 Å². The van der Waals surface area contributed by atoms with E-state index in [0.29, 0.717) is 26.2 Å². The molecule has 0 aliphatic heterocycles. The van der Waals surface area contributed by atoms with Gasteiger partial charge in [-0.1, -0.05) is 36.8 Å². The van der Waals surface area contributed by atoms with Crippen LogP contribution in [0.1, 0.15) is 54.9 Å². The van der Waals surface area contributed by atoms with Crippen molar-refractivity contribution in [3.05, 3.63) is 65.5 Å². The lowest BCUT2D eigenvalue weighted by molar-refractivity contribution is -0.131. The summed E-state index contributed by atoms with van der Waals surface area (Å²) in [6, 6.07) is 15.6. The van der Waals surface area contributed by atoms with E-state index in [2.05, 4.69) is 9.88 Å². The fraction of sp³-hybridized carbons (Fsp3) is 0.423. The lowest BCUT2D eigenvalue weighted by Gasteiger charge is -2.20. The van der Waals surface area contributed by atoms with Crippen molar-refractivity contribution in [2.45, 2.75) is 53.0 Å². The van der Waals surface area contributed by atoms with Crippen molar-refractivity contribution in [1.82, 2.24) is 19.8 Å². The first-order valence-corrected chi connectivity index (χ1v) is 11.6. The molecular weight excluding hydrogens is 400 g/mol. The third-order valence-electron chi connectivity index (χ3n) is 5.90. The highest BCUT2D eigenvalue weighted by Gasteiger charge is 2.16. The van der Waals surface area contributed by atoms with E-state index >= 15 is 0 Å². The number of imidazole rings is 1. The maximum Gasteiger partial charge on any atom is 0.251 e. The number of fused-ring (bicyclic) bond motifs is 1. The summed E-state index contributed by atoms with van der Waals surface area (Å²) < 4.78 is 2.07. The van der Waals surface area contributed by atoms with Gasteiger partial charge in [0.15, 0.2) is 0 Å². The number of hydrogen-bond acceptors (Lipinski definition) is 3. The van der Waals surface area contributed by atoms with Crippen LogP contribution in [0.4, 0.5) is 0 Å². The van der Waals surface area contributed by atoms with Gasteiger partial charge in [0.2, 0.25) is 5.91 Å². The van der Waals surface area contributed by atoms with Crippen LogP contribution in [0.15, 0.2) is 48.5 Å². The molecule has 3 aromatic rings. The van der Waals surface area contributed by atoms with Crippen molar-refractivity contribution >= 4 is 22.8 Å². The van der Waals surface area contributed by atoms with E-state index in [0.717, 1.165) is 53.7 Å². The Hall–Kier alpha value is -3.15. The van der Waals surface area contributed by atoms with E-state index in [1.54, 1.807) is 0 Å². The van der Waals surface area contributed by atoms with Gasteiger partial charge in [0.25, 0.3) is 5.91 Å². The maximum absolute atomic E-state index is 12.7. The molecule has 32 heavy (non-hydrogen) atoms. The molecule has 0 fully saturated rings. The second kappa shape index (κ2) is 11.5. The highest BCUT2D eigenvalue weighted by Crippen LogP contribution is 2.18. The van der Waals surface area contributed by atoms with Crippen molar-refractivity contribution < 1.29 is 9.59 Å². The first-order valence-electron chi connectivity index (χ1n) is 11.6. The van der Waals surface area contributed by atoms with Crippen molar-refractivity contribution in [2.24, 2.45) is 0 Å². The molecule has 1 N–H and O–H groups in total. The first-order chi connectivity index (χ1) is 15.5. The number of carbonyl (C=O) groups excluding carboxylic acids is 2. The molecule has 6 heteroatoms. The van der Waals surface area contributed by atoms with Crippen LogP contribution in [0.25, 0.3) is 11.0 Å². The second-order valence-electron chi connectivity index (χ2n) is 8.05. The molecule has 2 amide bonds. The van der Waals surface area contributed by atoms with E-state index in [9.17, 15) is 9.59 Å². The minimum absolute atomic E-state index is 0.0141. The molecule has 0 saturated carbocycles. The van der Waals surface area contributed by atoms with Gasteiger partial charge >= 0.3 is 0 Å². The lowest BCUT2D eigenvalue weighted by Crippen LogP contribution is -2.33. The number of para-hydroxylation sites is 2. The molecule has 2 aromatic carbocycles. The van der Waals surface area contributed by atoms with Crippen LogP contribution in [0, 0.1) is 6.92 Å². The molecule has 0 spiro atoms. The summed E-state index contributed by atoms with van der Waals surface area (Å²) in [7, 11) is 0. The van der Waals surface area contributed by atoms with Gasteiger partial charge in [-0.2, -0.15) is 0 Å². The number of aromatic nitrogens is 2. The van der Waals surface area contributed by atoms with Crippen LogP contribution in [0.5, 0.6) is 0 Å². The number of aryl methyl sites for hydroxylation is 2. The summed E-state index contributed by atoms with van der Waals surface area (Å²) >= 11 is 0. The Balaban J connectivity index is 1.54. The van der Waals surface area contributed by atoms with Gasteiger partial charge in [0.05, 0.1) is 11.0 Å². The normalized spacial score (nSPS) is 11.0. The molecule has 0 aliphatic carbocycles. The van der Waals surface area contributed by atoms with Crippen LogP contribution in [-0.2, 0) is 17.8 Å². The number of amides is 2. The molecule has 0 aliphatic rings. The van der Waals surface area contributed by atoms with Crippen LogP contribution in [0.3, 0.4) is 0 Å². The zero-order chi connectivity index (χ0) is 22.9. The lowest BCUT2D eigenvalue weighted by atomic mass is 10.1. The average molecular weight is 435 g/mol. The number of unbranched alkanes of at least 4 members (excludes halogenated alkanes) is 2. The van der Waals surface area contributed by atoms with Gasteiger partial charge in [0, 0.05) is 31.6 Å². The van der Waals surface area contributed by atoms with Gasteiger partial charge in [-0.05, 0) is 57.4 Å². The van der Waals surface area contributed by atoms with E-state index in [4.69, 9.17) is 4.98 Å². The number of benzene rings is 2. The molecule has 0 bridgehead atoms. The number of nitrogens with zero attached hydrogens (tertiary/aromatic N) is 3. The monoisotopic (exact) mass is 434 g/mol. The summed E-state index contributed by atoms with van der Waals surface area (Å²) in [6.45, 7) is 8.37. The van der Waals surface area contributed by atoms with Crippen LogP contribution in [-0.4, -0.2) is 45.9 Å². The van der Waals surface area contributed by atoms with Crippen molar-refractivity contribution in [2.75, 3.05) is 19.6 Å². The molecule has 0 atom stereocenters. The molecule has 1 aromatic heterocycles. The zero-order valence-corrected chi connectivity index (χ0v) is 19.4. The zero-order valence-electron chi connectivity index (χ0n) is 19.4. The summed E-state index contributed by atoms with van der Waals surface area (Å²) in [5.74, 6) is 1.06. The van der Waals surface area contributed by atoms with Gasteiger partial charge in [-0.25, -0.2) is 4.98 Å². The van der Waals surface area contributed by atoms with E-state index in [1.807, 2.05) is 74.2 Å². The Morgan fingerprint density at radius 1 is 0.969 bits per heavy atom. The number of nitrogens with one attached hydrogen (secondary N) is 1. The van der Waals surface area contributed by atoms with Gasteiger partial charge in [-0.3, -0.25) is 9.59 Å². The predicted molar refractivity (Wildman–Crippen MR) is 129 cm³/mol. The molecule has 0 saturated heterocycles. The Labute approximate surface area is 190 Å². The Bertz CT molecular complexity index is 1050. The highest BCUT2D eigenvalue weighted by molar-refractivity contribution is 5.95. The number of likely N-dealkylation sites (N-methyl/N-ethyl adjacent to an activating group) is 1. The van der Waals surface area contributed by atoms with Gasteiger partial charge in [-0.15, -0.1) is 0 Å². The topological polar surface area (TPSA) is 67.2 Å². The van der Waals surface area contributed by atoms with Crippen molar-refractivity contribution in [1.29, 1.82) is 0 Å². The molecule has 0 radical (unpaired) electrons. The SMILES string of the molecule is CCN(CC)C(=O)Cn1c(CCCCCNC(=O)c2ccccc2C)nc2ccccc21.